The van der Waals surface area contributed by atoms with E-state index in [0.717, 1.165) is 6.07 Å². The summed E-state index contributed by atoms with van der Waals surface area (Å²) in [6.07, 6.45) is -4.73. The van der Waals surface area contributed by atoms with Crippen LogP contribution in [0, 0.1) is 0 Å². The lowest BCUT2D eigenvalue weighted by Crippen LogP contribution is -2.18. The highest BCUT2D eigenvalue weighted by atomic mass is 35.5. The van der Waals surface area contributed by atoms with Gasteiger partial charge >= 0.3 is 6.36 Å². The largest absolute Gasteiger partial charge is 0.573 e. The first-order valence-corrected chi connectivity index (χ1v) is 4.09. The van der Waals surface area contributed by atoms with Gasteiger partial charge in [-0.15, -0.1) is 25.6 Å². The molecule has 0 radical (unpaired) electrons. The predicted octanol–water partition coefficient (Wildman–Crippen LogP) is 2.47. The van der Waals surface area contributed by atoms with Gasteiger partial charge in [0, 0.05) is 18.2 Å². The number of rotatable bonds is 3. The summed E-state index contributed by atoms with van der Waals surface area (Å²) in [4.78, 5) is 0. The average molecular weight is 258 g/mol. The number of halogens is 4. The van der Waals surface area contributed by atoms with Crippen molar-refractivity contribution in [2.45, 2.75) is 12.9 Å². The van der Waals surface area contributed by atoms with Crippen molar-refractivity contribution in [1.29, 1.82) is 0 Å². The molecule has 0 saturated heterocycles. The summed E-state index contributed by atoms with van der Waals surface area (Å²) in [7, 11) is 1.36. The second-order valence-corrected chi connectivity index (χ2v) is 2.73. The molecule has 0 fully saturated rings. The molecule has 3 nitrogen and oxygen atoms in total. The highest BCUT2D eigenvalue weighted by Gasteiger charge is 2.32. The maximum absolute atomic E-state index is 12.0. The smallest absolute Gasteiger partial charge is 0.497 e. The summed E-state index contributed by atoms with van der Waals surface area (Å²) in [6, 6.07) is 4.10. The summed E-state index contributed by atoms with van der Waals surface area (Å²) in [5.74, 6) is -0.0456. The molecule has 1 aromatic rings. The molecule has 0 aliphatic carbocycles. The molecule has 0 bridgehead atoms. The van der Waals surface area contributed by atoms with Crippen molar-refractivity contribution in [1.82, 2.24) is 0 Å². The van der Waals surface area contributed by atoms with Gasteiger partial charge in [-0.1, -0.05) is 6.07 Å². The third kappa shape index (κ3) is 4.16. The van der Waals surface area contributed by atoms with Crippen LogP contribution in [0.4, 0.5) is 13.2 Å². The summed E-state index contributed by atoms with van der Waals surface area (Å²) in [5.41, 5.74) is 5.54. The zero-order chi connectivity index (χ0) is 11.5. The molecule has 92 valence electrons. The Balaban J connectivity index is 0.00000225. The Morgan fingerprint density at radius 2 is 1.94 bits per heavy atom. The molecule has 0 aliphatic heterocycles. The van der Waals surface area contributed by atoms with Crippen molar-refractivity contribution in [2.24, 2.45) is 5.73 Å². The lowest BCUT2D eigenvalue weighted by atomic mass is 10.2. The zero-order valence-electron chi connectivity index (χ0n) is 8.38. The van der Waals surface area contributed by atoms with Crippen LogP contribution in [0.1, 0.15) is 5.56 Å². The second kappa shape index (κ2) is 5.81. The Morgan fingerprint density at radius 1 is 1.31 bits per heavy atom. The number of nitrogens with two attached hydrogens (primary N) is 1. The van der Waals surface area contributed by atoms with E-state index in [4.69, 9.17) is 10.5 Å². The molecule has 16 heavy (non-hydrogen) atoms. The van der Waals surface area contributed by atoms with Gasteiger partial charge in [-0.3, -0.25) is 0 Å². The molecule has 1 rings (SSSR count). The molecular weight excluding hydrogens is 247 g/mol. The SMILES string of the molecule is COc1ccc(CN)c(OC(F)(F)F)c1.Cl. The molecule has 0 amide bonds. The molecule has 0 unspecified atom stereocenters. The van der Waals surface area contributed by atoms with Crippen molar-refractivity contribution in [2.75, 3.05) is 7.11 Å². The normalized spacial score (nSPS) is 10.6. The maximum Gasteiger partial charge on any atom is 0.573 e. The van der Waals surface area contributed by atoms with Crippen LogP contribution in [0.15, 0.2) is 18.2 Å². The van der Waals surface area contributed by atoms with Crippen molar-refractivity contribution < 1.29 is 22.6 Å². The Labute approximate surface area is 96.7 Å². The van der Waals surface area contributed by atoms with Gasteiger partial charge in [0.2, 0.25) is 0 Å². The minimum absolute atomic E-state index is 0. The average Bonchev–Trinajstić information content (AvgIpc) is 2.15. The minimum atomic E-state index is -4.73. The monoisotopic (exact) mass is 257 g/mol. The molecule has 1 aromatic carbocycles. The fourth-order valence-corrected chi connectivity index (χ4v) is 1.05. The number of benzene rings is 1. The topological polar surface area (TPSA) is 44.5 Å². The molecule has 7 heteroatoms. The minimum Gasteiger partial charge on any atom is -0.497 e. The first kappa shape index (κ1) is 14.9. The van der Waals surface area contributed by atoms with Crippen molar-refractivity contribution in [3.63, 3.8) is 0 Å². The van der Waals surface area contributed by atoms with Gasteiger partial charge in [-0.05, 0) is 6.07 Å². The molecule has 0 heterocycles. The van der Waals surface area contributed by atoms with E-state index >= 15 is 0 Å². The van der Waals surface area contributed by atoms with Gasteiger partial charge in [0.1, 0.15) is 11.5 Å². The molecule has 0 aromatic heterocycles. The fraction of sp³-hybridized carbons (Fsp3) is 0.333. The Kier molecular flexibility index (Phi) is 5.40. The van der Waals surface area contributed by atoms with Gasteiger partial charge in [0.05, 0.1) is 7.11 Å². The molecule has 0 aliphatic rings. The Hall–Kier alpha value is -1.14. The van der Waals surface area contributed by atoms with Gasteiger partial charge in [-0.25, -0.2) is 0 Å². The standard InChI is InChI=1S/C9H10F3NO2.ClH/c1-14-7-3-2-6(5-13)8(4-7)15-9(10,11)12;/h2-4H,5,13H2,1H3;1H. The molecule has 0 spiro atoms. The summed E-state index contributed by atoms with van der Waals surface area (Å²) >= 11 is 0. The van der Waals surface area contributed by atoms with E-state index in [1.54, 1.807) is 0 Å². The summed E-state index contributed by atoms with van der Waals surface area (Å²) < 4.78 is 44.6. The zero-order valence-corrected chi connectivity index (χ0v) is 9.19. The van der Waals surface area contributed by atoms with E-state index < -0.39 is 6.36 Å². The van der Waals surface area contributed by atoms with Crippen molar-refractivity contribution in [3.8, 4) is 11.5 Å². The molecule has 0 saturated carbocycles. The second-order valence-electron chi connectivity index (χ2n) is 2.73. The van der Waals surface area contributed by atoms with Gasteiger partial charge in [-0.2, -0.15) is 0 Å². The first-order chi connectivity index (χ1) is 6.96. The van der Waals surface area contributed by atoms with E-state index in [1.807, 2.05) is 0 Å². The van der Waals surface area contributed by atoms with Crippen molar-refractivity contribution in [3.05, 3.63) is 23.8 Å². The number of hydrogen-bond donors (Lipinski definition) is 1. The van der Waals surface area contributed by atoms with Gasteiger partial charge in [0.25, 0.3) is 0 Å². The number of alkyl halides is 3. The number of methoxy groups -OCH3 is 1. The predicted molar refractivity (Wildman–Crippen MR) is 54.8 cm³/mol. The van der Waals surface area contributed by atoms with E-state index in [9.17, 15) is 13.2 Å². The number of hydrogen-bond acceptors (Lipinski definition) is 3. The van der Waals surface area contributed by atoms with E-state index in [2.05, 4.69) is 4.74 Å². The van der Waals surface area contributed by atoms with E-state index in [1.165, 1.54) is 19.2 Å². The van der Waals surface area contributed by atoms with Crippen molar-refractivity contribution >= 4 is 12.4 Å². The van der Waals surface area contributed by atoms with Crippen LogP contribution in [0.25, 0.3) is 0 Å². The van der Waals surface area contributed by atoms with E-state index in [-0.39, 0.29) is 36.0 Å². The van der Waals surface area contributed by atoms with E-state index in [0.29, 0.717) is 0 Å². The quantitative estimate of drug-likeness (QED) is 0.905. The Bertz CT molecular complexity index is 344. The van der Waals surface area contributed by atoms with Gasteiger partial charge < -0.3 is 15.2 Å². The van der Waals surface area contributed by atoms with Crippen LogP contribution in [0.2, 0.25) is 0 Å². The van der Waals surface area contributed by atoms with Crippen LogP contribution in [-0.2, 0) is 6.54 Å². The van der Waals surface area contributed by atoms with Crippen LogP contribution < -0.4 is 15.2 Å². The van der Waals surface area contributed by atoms with Crippen LogP contribution >= 0.6 is 12.4 Å². The molecular formula is C9H11ClF3NO2. The third-order valence-corrected chi connectivity index (χ3v) is 1.72. The van der Waals surface area contributed by atoms with Crippen LogP contribution in [0.3, 0.4) is 0 Å². The molecule has 0 atom stereocenters. The first-order valence-electron chi connectivity index (χ1n) is 4.09. The van der Waals surface area contributed by atoms with Crippen LogP contribution in [0.5, 0.6) is 11.5 Å². The Morgan fingerprint density at radius 3 is 2.38 bits per heavy atom. The highest BCUT2D eigenvalue weighted by molar-refractivity contribution is 5.85. The fourth-order valence-electron chi connectivity index (χ4n) is 1.05. The summed E-state index contributed by atoms with van der Waals surface area (Å²) in [6.45, 7) is -0.0323. The molecule has 2 N–H and O–H groups in total. The maximum atomic E-state index is 12.0. The lowest BCUT2D eigenvalue weighted by Gasteiger charge is -2.13. The number of ether oxygens (including phenoxy) is 2. The highest BCUT2D eigenvalue weighted by Crippen LogP contribution is 2.29. The van der Waals surface area contributed by atoms with Crippen LogP contribution in [-0.4, -0.2) is 13.5 Å². The lowest BCUT2D eigenvalue weighted by molar-refractivity contribution is -0.274. The van der Waals surface area contributed by atoms with Gasteiger partial charge in [0.15, 0.2) is 0 Å². The summed E-state index contributed by atoms with van der Waals surface area (Å²) in [5, 5.41) is 0. The third-order valence-electron chi connectivity index (χ3n) is 1.72.